The van der Waals surface area contributed by atoms with E-state index < -0.39 is 0 Å². The molecule has 2 heterocycles. The Balaban J connectivity index is 2.06. The Hall–Kier alpha value is -0.120. The Morgan fingerprint density at radius 2 is 2.23 bits per heavy atom. The van der Waals surface area contributed by atoms with Gasteiger partial charge >= 0.3 is 0 Å². The topological polar surface area (TPSA) is 38.7 Å². The highest BCUT2D eigenvalue weighted by atomic mass is 16.6. The van der Waals surface area contributed by atoms with Crippen LogP contribution in [0, 0.1) is 0 Å². The van der Waals surface area contributed by atoms with Gasteiger partial charge in [-0.3, -0.25) is 0 Å². The van der Waals surface area contributed by atoms with Crippen molar-refractivity contribution in [1.82, 2.24) is 0 Å². The fraction of sp³-hybridized carbons (Fsp3) is 1.00. The van der Waals surface area contributed by atoms with Crippen molar-refractivity contribution in [2.75, 3.05) is 6.61 Å². The van der Waals surface area contributed by atoms with Gasteiger partial charge in [0.2, 0.25) is 0 Å². The molecule has 3 heteroatoms. The van der Waals surface area contributed by atoms with Crippen LogP contribution in [-0.2, 0) is 9.47 Å². The van der Waals surface area contributed by atoms with Crippen molar-refractivity contribution in [1.29, 1.82) is 0 Å². The second kappa shape index (κ2) is 3.23. The van der Waals surface area contributed by atoms with Crippen LogP contribution < -0.4 is 0 Å². The predicted octanol–water partition coefficient (Wildman–Crippen LogP) is 1.09. The summed E-state index contributed by atoms with van der Waals surface area (Å²) in [5, 5.41) is 9.00. The quantitative estimate of drug-likeness (QED) is 0.666. The lowest BCUT2D eigenvalue weighted by molar-refractivity contribution is -0.0918. The molecule has 2 fully saturated rings. The largest absolute Gasteiger partial charge is 0.394 e. The molecule has 1 spiro atoms. The summed E-state index contributed by atoms with van der Waals surface area (Å²) in [6.07, 6.45) is 3.49. The van der Waals surface area contributed by atoms with E-state index in [0.717, 1.165) is 19.3 Å². The van der Waals surface area contributed by atoms with Crippen LogP contribution in [0.5, 0.6) is 0 Å². The Morgan fingerprint density at radius 1 is 1.46 bits per heavy atom. The minimum absolute atomic E-state index is 0.0383. The maximum Gasteiger partial charge on any atom is 0.0970 e. The van der Waals surface area contributed by atoms with Crippen LogP contribution >= 0.6 is 0 Å². The minimum Gasteiger partial charge on any atom is -0.394 e. The molecule has 2 rings (SSSR count). The molecule has 2 aliphatic rings. The average molecular weight is 186 g/mol. The zero-order valence-electron chi connectivity index (χ0n) is 8.32. The van der Waals surface area contributed by atoms with Gasteiger partial charge in [-0.1, -0.05) is 0 Å². The lowest BCUT2D eigenvalue weighted by atomic mass is 9.91. The predicted molar refractivity (Wildman–Crippen MR) is 48.5 cm³/mol. The summed E-state index contributed by atoms with van der Waals surface area (Å²) < 4.78 is 11.6. The Kier molecular flexibility index (Phi) is 2.34. The van der Waals surface area contributed by atoms with Gasteiger partial charge in [0, 0.05) is 6.42 Å². The first-order chi connectivity index (χ1) is 6.16. The summed E-state index contributed by atoms with van der Waals surface area (Å²) in [4.78, 5) is 0. The zero-order valence-corrected chi connectivity index (χ0v) is 8.32. The van der Waals surface area contributed by atoms with Crippen molar-refractivity contribution in [2.24, 2.45) is 0 Å². The number of rotatable bonds is 1. The van der Waals surface area contributed by atoms with Gasteiger partial charge in [-0.2, -0.15) is 0 Å². The first kappa shape index (κ1) is 9.44. The molecular formula is C10H18O3. The number of ether oxygens (including phenoxy) is 2. The zero-order chi connectivity index (χ0) is 9.47. The third-order valence-electron chi connectivity index (χ3n) is 3.30. The molecule has 3 nitrogen and oxygen atoms in total. The molecule has 0 aromatic heterocycles. The summed E-state index contributed by atoms with van der Waals surface area (Å²) in [7, 11) is 0. The molecule has 0 aromatic rings. The van der Waals surface area contributed by atoms with Gasteiger partial charge in [0.05, 0.1) is 30.5 Å². The minimum atomic E-state index is -0.0905. The summed E-state index contributed by atoms with van der Waals surface area (Å²) >= 11 is 0. The number of hydrogen-bond donors (Lipinski definition) is 1. The highest BCUT2D eigenvalue weighted by Crippen LogP contribution is 2.43. The molecular weight excluding hydrogens is 168 g/mol. The van der Waals surface area contributed by atoms with Gasteiger partial charge in [0.25, 0.3) is 0 Å². The van der Waals surface area contributed by atoms with Gasteiger partial charge in [0.15, 0.2) is 0 Å². The summed E-state index contributed by atoms with van der Waals surface area (Å²) in [5.74, 6) is 0. The molecule has 4 atom stereocenters. The molecule has 13 heavy (non-hydrogen) atoms. The molecule has 2 saturated heterocycles. The van der Waals surface area contributed by atoms with Crippen LogP contribution in [0.25, 0.3) is 0 Å². The smallest absolute Gasteiger partial charge is 0.0970 e. The summed E-state index contributed by atoms with van der Waals surface area (Å²) in [5.41, 5.74) is -0.0905. The maximum absolute atomic E-state index is 9.00. The van der Waals surface area contributed by atoms with Crippen molar-refractivity contribution in [3.05, 3.63) is 0 Å². The molecule has 1 N–H and O–H groups in total. The van der Waals surface area contributed by atoms with Crippen molar-refractivity contribution in [3.8, 4) is 0 Å². The van der Waals surface area contributed by atoms with Crippen molar-refractivity contribution >= 4 is 0 Å². The van der Waals surface area contributed by atoms with E-state index >= 15 is 0 Å². The molecule has 2 aliphatic heterocycles. The van der Waals surface area contributed by atoms with Crippen molar-refractivity contribution in [3.63, 3.8) is 0 Å². The standard InChI is InChI=1S/C10H18O3/c1-7-5-10(8(2)12-7)4-3-9(6-11)13-10/h7-9,11H,3-6H2,1-2H3/t7-,8-,9+,10-/m1/s1. The fourth-order valence-corrected chi connectivity index (χ4v) is 2.61. The van der Waals surface area contributed by atoms with Crippen LogP contribution in [0.4, 0.5) is 0 Å². The molecule has 76 valence electrons. The van der Waals surface area contributed by atoms with E-state index in [4.69, 9.17) is 14.6 Å². The normalized spacial score (nSPS) is 50.5. The summed E-state index contributed by atoms with van der Waals surface area (Å²) in [6.45, 7) is 4.30. The van der Waals surface area contributed by atoms with Crippen LogP contribution in [-0.4, -0.2) is 35.6 Å². The summed E-state index contributed by atoms with van der Waals surface area (Å²) in [6, 6.07) is 0. The van der Waals surface area contributed by atoms with Crippen molar-refractivity contribution in [2.45, 2.75) is 57.0 Å². The van der Waals surface area contributed by atoms with Gasteiger partial charge < -0.3 is 14.6 Å². The fourth-order valence-electron chi connectivity index (χ4n) is 2.61. The lowest BCUT2D eigenvalue weighted by Gasteiger charge is -2.27. The molecule has 0 unspecified atom stereocenters. The van der Waals surface area contributed by atoms with E-state index in [9.17, 15) is 0 Å². The van der Waals surface area contributed by atoms with Crippen LogP contribution in [0.2, 0.25) is 0 Å². The van der Waals surface area contributed by atoms with E-state index in [1.54, 1.807) is 0 Å². The number of hydrogen-bond acceptors (Lipinski definition) is 3. The van der Waals surface area contributed by atoms with E-state index in [2.05, 4.69) is 13.8 Å². The lowest BCUT2D eigenvalue weighted by Crippen LogP contribution is -2.36. The van der Waals surface area contributed by atoms with Gasteiger partial charge in [-0.15, -0.1) is 0 Å². The molecule has 0 radical (unpaired) electrons. The van der Waals surface area contributed by atoms with Crippen molar-refractivity contribution < 1.29 is 14.6 Å². The third-order valence-corrected chi connectivity index (χ3v) is 3.30. The van der Waals surface area contributed by atoms with Crippen LogP contribution in [0.1, 0.15) is 33.1 Å². The van der Waals surface area contributed by atoms with E-state index in [-0.39, 0.29) is 24.4 Å². The average Bonchev–Trinajstić information content (AvgIpc) is 2.59. The third kappa shape index (κ3) is 1.49. The molecule has 0 bridgehead atoms. The highest BCUT2D eigenvalue weighted by molar-refractivity contribution is 4.99. The monoisotopic (exact) mass is 186 g/mol. The number of aliphatic hydroxyl groups is 1. The Bertz CT molecular complexity index is 195. The van der Waals surface area contributed by atoms with Gasteiger partial charge in [-0.25, -0.2) is 0 Å². The Labute approximate surface area is 79.0 Å². The highest BCUT2D eigenvalue weighted by Gasteiger charge is 2.50. The maximum atomic E-state index is 9.00. The van der Waals surface area contributed by atoms with Gasteiger partial charge in [-0.05, 0) is 26.7 Å². The van der Waals surface area contributed by atoms with E-state index in [1.165, 1.54) is 0 Å². The SMILES string of the molecule is C[C@@H]1C[C@]2(CC[C@@H](CO)O2)[C@@H](C)O1. The van der Waals surface area contributed by atoms with Crippen LogP contribution in [0.3, 0.4) is 0 Å². The van der Waals surface area contributed by atoms with Gasteiger partial charge in [0.1, 0.15) is 0 Å². The second-order valence-corrected chi connectivity index (χ2v) is 4.32. The molecule has 0 saturated carbocycles. The number of aliphatic hydroxyl groups excluding tert-OH is 1. The first-order valence-electron chi connectivity index (χ1n) is 5.10. The Morgan fingerprint density at radius 3 is 2.69 bits per heavy atom. The molecule has 0 amide bonds. The molecule has 0 aliphatic carbocycles. The van der Waals surface area contributed by atoms with E-state index in [0.29, 0.717) is 6.10 Å². The first-order valence-corrected chi connectivity index (χ1v) is 5.10. The van der Waals surface area contributed by atoms with E-state index in [1.807, 2.05) is 0 Å². The second-order valence-electron chi connectivity index (χ2n) is 4.32. The van der Waals surface area contributed by atoms with Crippen LogP contribution in [0.15, 0.2) is 0 Å². The molecule has 0 aromatic carbocycles.